The Hall–Kier alpha value is 0.170. The Morgan fingerprint density at radius 2 is 2.11 bits per heavy atom. The minimum absolute atomic E-state index is 0.133. The van der Waals surface area contributed by atoms with E-state index >= 15 is 0 Å². The zero-order valence-corrected chi connectivity index (χ0v) is 7.82. The first-order valence-corrected chi connectivity index (χ1v) is 3.97. The van der Waals surface area contributed by atoms with Gasteiger partial charge in [-0.05, 0) is 22.9 Å². The van der Waals surface area contributed by atoms with Crippen molar-refractivity contribution >= 4 is 37.8 Å². The van der Waals surface area contributed by atoms with E-state index in [2.05, 4.69) is 31.9 Å². The van der Waals surface area contributed by atoms with Gasteiger partial charge in [0.05, 0.1) is 4.48 Å². The zero-order valence-electron chi connectivity index (χ0n) is 4.65. The first-order chi connectivity index (χ1) is 4.13. The van der Waals surface area contributed by atoms with E-state index < -0.39 is 0 Å². The van der Waals surface area contributed by atoms with Gasteiger partial charge in [0.2, 0.25) is 0 Å². The maximum atomic E-state index is 10.6. The summed E-state index contributed by atoms with van der Waals surface area (Å²) >= 11 is 6.26. The summed E-state index contributed by atoms with van der Waals surface area (Å²) in [5, 5.41) is 0. The second kappa shape index (κ2) is 2.42. The van der Waals surface area contributed by atoms with Crippen molar-refractivity contribution in [3.05, 3.63) is 8.96 Å². The molecule has 0 bridgehead atoms. The molecule has 1 heterocycles. The monoisotopic (exact) mass is 254 g/mol. The Labute approximate surface area is 69.5 Å². The van der Waals surface area contributed by atoms with Crippen LogP contribution in [0.25, 0.3) is 0 Å². The van der Waals surface area contributed by atoms with Crippen LogP contribution in [0.2, 0.25) is 0 Å². The van der Waals surface area contributed by atoms with Crippen LogP contribution in [0.15, 0.2) is 8.96 Å². The van der Waals surface area contributed by atoms with Crippen molar-refractivity contribution in [2.75, 3.05) is 0 Å². The molecule has 0 aromatic rings. The fourth-order valence-corrected chi connectivity index (χ4v) is 1.21. The highest BCUT2D eigenvalue weighted by atomic mass is 79.9. The van der Waals surface area contributed by atoms with Gasteiger partial charge in [0.1, 0.15) is 10.6 Å². The minimum atomic E-state index is -0.297. The largest absolute Gasteiger partial charge is 0.453 e. The van der Waals surface area contributed by atoms with Gasteiger partial charge in [-0.2, -0.15) is 0 Å². The first-order valence-electron chi connectivity index (χ1n) is 2.39. The lowest BCUT2D eigenvalue weighted by atomic mass is 10.4. The third-order valence-electron chi connectivity index (χ3n) is 1.03. The highest BCUT2D eigenvalue weighted by Gasteiger charge is 2.27. The lowest BCUT2D eigenvalue weighted by molar-refractivity contribution is -0.138. The molecule has 0 radical (unpaired) electrons. The summed E-state index contributed by atoms with van der Waals surface area (Å²) in [6, 6.07) is 0. The molecule has 50 valence electrons. The van der Waals surface area contributed by atoms with Gasteiger partial charge >= 0.3 is 5.97 Å². The lowest BCUT2D eigenvalue weighted by Crippen LogP contribution is -2.03. The van der Waals surface area contributed by atoms with Crippen molar-refractivity contribution in [3.63, 3.8) is 0 Å². The molecule has 4 heteroatoms. The molecule has 0 aromatic heterocycles. The Balaban J connectivity index is 2.92. The molecule has 1 unspecified atom stereocenters. The molecular weight excluding hydrogens is 252 g/mol. The van der Waals surface area contributed by atoms with Crippen LogP contribution in [0.4, 0.5) is 0 Å². The molecule has 1 atom stereocenters. The number of esters is 1. The van der Waals surface area contributed by atoms with Gasteiger partial charge in [-0.15, -0.1) is 0 Å². The topological polar surface area (TPSA) is 26.3 Å². The highest BCUT2D eigenvalue weighted by molar-refractivity contribution is 9.14. The molecule has 0 spiro atoms. The summed E-state index contributed by atoms with van der Waals surface area (Å²) in [5.74, 6) is -0.297. The smallest absolute Gasteiger partial charge is 0.346 e. The van der Waals surface area contributed by atoms with Gasteiger partial charge in [-0.25, -0.2) is 4.79 Å². The van der Waals surface area contributed by atoms with Crippen molar-refractivity contribution in [2.45, 2.75) is 13.0 Å². The van der Waals surface area contributed by atoms with Crippen LogP contribution in [0.1, 0.15) is 6.92 Å². The SMILES string of the molecule is CC1OC(=O)C(Br)=C1Br. The maximum absolute atomic E-state index is 10.6. The van der Waals surface area contributed by atoms with E-state index in [1.165, 1.54) is 0 Å². The van der Waals surface area contributed by atoms with Crippen LogP contribution in [-0.2, 0) is 9.53 Å². The average molecular weight is 256 g/mol. The summed E-state index contributed by atoms with van der Waals surface area (Å²) in [5.41, 5.74) is 0. The molecule has 1 aliphatic rings. The van der Waals surface area contributed by atoms with Crippen molar-refractivity contribution < 1.29 is 9.53 Å². The summed E-state index contributed by atoms with van der Waals surface area (Å²) in [4.78, 5) is 10.6. The predicted molar refractivity (Wildman–Crippen MR) is 40.4 cm³/mol. The van der Waals surface area contributed by atoms with Gasteiger partial charge < -0.3 is 4.74 Å². The highest BCUT2D eigenvalue weighted by Crippen LogP contribution is 2.30. The van der Waals surface area contributed by atoms with Crippen LogP contribution in [0.5, 0.6) is 0 Å². The van der Waals surface area contributed by atoms with E-state index in [4.69, 9.17) is 4.74 Å². The molecule has 0 saturated carbocycles. The van der Waals surface area contributed by atoms with Crippen LogP contribution in [0, 0.1) is 0 Å². The Morgan fingerprint density at radius 1 is 1.56 bits per heavy atom. The number of halogens is 2. The number of ether oxygens (including phenoxy) is 1. The number of cyclic esters (lactones) is 1. The Kier molecular flexibility index (Phi) is 1.96. The fourth-order valence-electron chi connectivity index (χ4n) is 0.540. The normalized spacial score (nSPS) is 27.0. The molecule has 9 heavy (non-hydrogen) atoms. The maximum Gasteiger partial charge on any atom is 0.346 e. The van der Waals surface area contributed by atoms with Gasteiger partial charge in [0.15, 0.2) is 0 Å². The van der Waals surface area contributed by atoms with Crippen molar-refractivity contribution in [3.8, 4) is 0 Å². The summed E-state index contributed by atoms with van der Waals surface area (Å²) in [6.07, 6.45) is -0.133. The van der Waals surface area contributed by atoms with Gasteiger partial charge in [-0.3, -0.25) is 0 Å². The van der Waals surface area contributed by atoms with E-state index in [9.17, 15) is 4.79 Å². The summed E-state index contributed by atoms with van der Waals surface area (Å²) < 4.78 is 6.06. The molecular formula is C5H4Br2O2. The Bertz CT molecular complexity index is 185. The van der Waals surface area contributed by atoms with Crippen molar-refractivity contribution in [2.24, 2.45) is 0 Å². The number of hydrogen-bond donors (Lipinski definition) is 0. The Morgan fingerprint density at radius 3 is 2.22 bits per heavy atom. The molecule has 1 rings (SSSR count). The number of carbonyl (C=O) groups excluding carboxylic acids is 1. The average Bonchev–Trinajstić information content (AvgIpc) is 1.98. The van der Waals surface area contributed by atoms with Crippen molar-refractivity contribution in [1.82, 2.24) is 0 Å². The van der Waals surface area contributed by atoms with Crippen LogP contribution >= 0.6 is 31.9 Å². The predicted octanol–water partition coefficient (Wildman–Crippen LogP) is 1.93. The van der Waals surface area contributed by atoms with E-state index in [0.29, 0.717) is 4.48 Å². The van der Waals surface area contributed by atoms with Gasteiger partial charge in [-0.1, -0.05) is 15.9 Å². The van der Waals surface area contributed by atoms with Crippen LogP contribution in [0.3, 0.4) is 0 Å². The number of hydrogen-bond acceptors (Lipinski definition) is 2. The van der Waals surface area contributed by atoms with E-state index in [-0.39, 0.29) is 12.1 Å². The van der Waals surface area contributed by atoms with Crippen molar-refractivity contribution in [1.29, 1.82) is 0 Å². The molecule has 0 N–H and O–H groups in total. The van der Waals surface area contributed by atoms with E-state index in [1.807, 2.05) is 0 Å². The summed E-state index contributed by atoms with van der Waals surface area (Å²) in [6.45, 7) is 1.80. The summed E-state index contributed by atoms with van der Waals surface area (Å²) in [7, 11) is 0. The molecule has 0 aromatic carbocycles. The zero-order chi connectivity index (χ0) is 7.02. The number of carbonyl (C=O) groups is 1. The third-order valence-corrected chi connectivity index (χ3v) is 3.35. The molecule has 2 nitrogen and oxygen atoms in total. The molecule has 0 amide bonds. The second-order valence-electron chi connectivity index (χ2n) is 1.71. The number of rotatable bonds is 0. The van der Waals surface area contributed by atoms with Crippen LogP contribution < -0.4 is 0 Å². The molecule has 0 aliphatic carbocycles. The lowest BCUT2D eigenvalue weighted by Gasteiger charge is -1.99. The van der Waals surface area contributed by atoms with Gasteiger partial charge in [0.25, 0.3) is 0 Å². The van der Waals surface area contributed by atoms with E-state index in [1.54, 1.807) is 6.92 Å². The molecule has 1 aliphatic heterocycles. The molecule has 0 fully saturated rings. The second-order valence-corrected chi connectivity index (χ2v) is 3.36. The van der Waals surface area contributed by atoms with E-state index in [0.717, 1.165) is 4.48 Å². The van der Waals surface area contributed by atoms with Gasteiger partial charge in [0, 0.05) is 0 Å². The quantitative estimate of drug-likeness (QED) is 0.619. The fraction of sp³-hybridized carbons (Fsp3) is 0.400. The first kappa shape index (κ1) is 7.28. The third kappa shape index (κ3) is 1.19. The standard InChI is InChI=1S/C5H4Br2O2/c1-2-3(6)4(7)5(8)9-2/h2H,1H3. The van der Waals surface area contributed by atoms with Crippen LogP contribution in [-0.4, -0.2) is 12.1 Å². The molecule has 0 saturated heterocycles. The minimum Gasteiger partial charge on any atom is -0.453 e.